The summed E-state index contributed by atoms with van der Waals surface area (Å²) in [6, 6.07) is 71.4. The van der Waals surface area contributed by atoms with Crippen molar-refractivity contribution in [2.75, 3.05) is 7.05 Å². The highest BCUT2D eigenvalue weighted by Gasteiger charge is 2.27. The third kappa shape index (κ3) is 5.39. The minimum Gasteiger partial charge on any atom is -0.333 e. The number of hydrogen-bond donors (Lipinski definition) is 0. The third-order valence-electron chi connectivity index (χ3n) is 11.4. The van der Waals surface area contributed by atoms with E-state index < -0.39 is 0 Å². The molecule has 0 amide bonds. The van der Waals surface area contributed by atoms with E-state index in [4.69, 9.17) is 9.98 Å². The molecule has 0 spiro atoms. The zero-order chi connectivity index (χ0) is 37.9. The molecule has 5 heteroatoms. The first-order chi connectivity index (χ1) is 28.2. The predicted molar refractivity (Wildman–Crippen MR) is 237 cm³/mol. The van der Waals surface area contributed by atoms with E-state index in [1.165, 1.54) is 49.2 Å². The lowest BCUT2D eigenvalue weighted by Gasteiger charge is -2.32. The van der Waals surface area contributed by atoms with Crippen molar-refractivity contribution in [3.05, 3.63) is 217 Å². The van der Waals surface area contributed by atoms with Gasteiger partial charge < -0.3 is 14.0 Å². The Hall–Kier alpha value is -7.50. The molecule has 5 nitrogen and oxygen atoms in total. The molecule has 0 saturated carbocycles. The molecule has 2 aromatic heterocycles. The second-order valence-corrected chi connectivity index (χ2v) is 14.7. The summed E-state index contributed by atoms with van der Waals surface area (Å²) in [7, 11) is 2.09. The van der Waals surface area contributed by atoms with Gasteiger partial charge in [-0.1, -0.05) is 152 Å². The second-order valence-electron chi connectivity index (χ2n) is 14.7. The Balaban J connectivity index is 1.08. The fourth-order valence-corrected chi connectivity index (χ4v) is 8.74. The monoisotopic (exact) mass is 731 g/mol. The third-order valence-corrected chi connectivity index (χ3v) is 11.4. The van der Waals surface area contributed by atoms with Gasteiger partial charge in [0.2, 0.25) is 0 Å². The molecule has 0 saturated heterocycles. The average molecular weight is 732 g/mol. The highest BCUT2D eigenvalue weighted by molar-refractivity contribution is 6.17. The summed E-state index contributed by atoms with van der Waals surface area (Å²) in [6.07, 6.45) is -0.244. The smallest absolute Gasteiger partial charge is 0.159 e. The number of fused-ring (bicyclic) bond motifs is 6. The maximum absolute atomic E-state index is 5.24. The van der Waals surface area contributed by atoms with Crippen LogP contribution in [0, 0.1) is 0 Å². The molecule has 57 heavy (non-hydrogen) atoms. The number of rotatable bonds is 6. The van der Waals surface area contributed by atoms with Crippen LogP contribution < -0.4 is 0 Å². The molecule has 270 valence electrons. The summed E-state index contributed by atoms with van der Waals surface area (Å²) in [4.78, 5) is 12.5. The zero-order valence-corrected chi connectivity index (χ0v) is 31.4. The van der Waals surface area contributed by atoms with Gasteiger partial charge in [0.05, 0.1) is 22.1 Å². The van der Waals surface area contributed by atoms with E-state index in [1.807, 2.05) is 24.3 Å². The van der Waals surface area contributed by atoms with E-state index in [0.717, 1.165) is 45.3 Å². The van der Waals surface area contributed by atoms with Crippen molar-refractivity contribution in [1.29, 1.82) is 0 Å². The van der Waals surface area contributed by atoms with Gasteiger partial charge >= 0.3 is 0 Å². The van der Waals surface area contributed by atoms with Gasteiger partial charge in [0.15, 0.2) is 5.84 Å². The number of hydrogen-bond acceptors (Lipinski definition) is 3. The lowest BCUT2D eigenvalue weighted by molar-refractivity contribution is 0.383. The first-order valence-electron chi connectivity index (χ1n) is 19.4. The number of amidine groups is 2. The van der Waals surface area contributed by atoms with Crippen LogP contribution in [0.2, 0.25) is 0 Å². The molecule has 8 aromatic carbocycles. The van der Waals surface area contributed by atoms with Gasteiger partial charge in [-0.3, -0.25) is 0 Å². The number of aliphatic imine (C=N–C) groups is 2. The van der Waals surface area contributed by atoms with Crippen molar-refractivity contribution in [3.8, 4) is 22.5 Å². The Kier molecular flexibility index (Phi) is 7.71. The van der Waals surface area contributed by atoms with E-state index >= 15 is 0 Å². The summed E-state index contributed by atoms with van der Waals surface area (Å²) in [5.74, 6) is 1.63. The fourth-order valence-electron chi connectivity index (χ4n) is 8.74. The summed E-state index contributed by atoms with van der Waals surface area (Å²) >= 11 is 0. The van der Waals surface area contributed by atoms with E-state index in [0.29, 0.717) is 0 Å². The highest BCUT2D eigenvalue weighted by Crippen LogP contribution is 2.41. The van der Waals surface area contributed by atoms with Crippen LogP contribution >= 0.6 is 0 Å². The minimum absolute atomic E-state index is 0.244. The van der Waals surface area contributed by atoms with Crippen molar-refractivity contribution < 1.29 is 0 Å². The van der Waals surface area contributed by atoms with Gasteiger partial charge in [-0.15, -0.1) is 0 Å². The van der Waals surface area contributed by atoms with Gasteiger partial charge in [-0.05, 0) is 65.2 Å². The summed E-state index contributed by atoms with van der Waals surface area (Å²) in [6.45, 7) is 0. The molecule has 0 bridgehead atoms. The SMILES string of the molecule is CN1C(c2ccccc2)=NC(c2ccccc2)=NC1c1ccc(-c2cccc3c2c2cc(-n4c5ccccc5c5ccccc54)ccc2n3-c2ccccc2)cc1. The molecule has 1 atom stereocenters. The first kappa shape index (κ1) is 32.9. The van der Waals surface area contributed by atoms with Crippen molar-refractivity contribution in [1.82, 2.24) is 14.0 Å². The number of aromatic nitrogens is 2. The minimum atomic E-state index is -0.244. The molecular weight excluding hydrogens is 695 g/mol. The quantitative estimate of drug-likeness (QED) is 0.168. The maximum atomic E-state index is 5.24. The van der Waals surface area contributed by atoms with Gasteiger partial charge in [-0.2, -0.15) is 0 Å². The standard InChI is InChI=1S/C52H37N5/c1-55-51(37-18-7-3-8-19-37)53-50(36-16-5-2-6-17-36)54-52(55)38-30-28-35(29-31-38)41-24-15-27-48-49(41)44-34-40(32-33-47(44)56(48)39-20-9-4-10-21-39)57-45-25-13-11-22-42(45)43-23-12-14-26-46(43)57/h2-34,52H,1H3. The lowest BCUT2D eigenvalue weighted by Crippen LogP contribution is -2.35. The Labute approximate surface area is 330 Å². The molecule has 0 N–H and O–H groups in total. The topological polar surface area (TPSA) is 37.8 Å². The molecule has 11 rings (SSSR count). The van der Waals surface area contributed by atoms with Crippen molar-refractivity contribution >= 4 is 55.3 Å². The van der Waals surface area contributed by atoms with Crippen molar-refractivity contribution in [2.24, 2.45) is 9.98 Å². The van der Waals surface area contributed by atoms with Gasteiger partial charge in [-0.25, -0.2) is 9.98 Å². The maximum Gasteiger partial charge on any atom is 0.159 e. The van der Waals surface area contributed by atoms with Gasteiger partial charge in [0.1, 0.15) is 12.0 Å². The van der Waals surface area contributed by atoms with E-state index in [-0.39, 0.29) is 6.17 Å². The molecule has 1 unspecified atom stereocenters. The Morgan fingerprint density at radius 2 is 0.982 bits per heavy atom. The van der Waals surface area contributed by atoms with Crippen molar-refractivity contribution in [2.45, 2.75) is 6.17 Å². The van der Waals surface area contributed by atoms with Crippen LogP contribution in [0.1, 0.15) is 22.9 Å². The molecule has 1 aliphatic heterocycles. The normalized spacial score (nSPS) is 14.4. The van der Waals surface area contributed by atoms with Crippen molar-refractivity contribution in [3.63, 3.8) is 0 Å². The highest BCUT2D eigenvalue weighted by atomic mass is 15.3. The molecule has 3 heterocycles. The Morgan fingerprint density at radius 1 is 0.421 bits per heavy atom. The molecule has 0 aliphatic carbocycles. The van der Waals surface area contributed by atoms with E-state index in [2.05, 4.69) is 197 Å². The number of benzene rings is 8. The number of nitrogens with zero attached hydrogens (tertiary/aromatic N) is 5. The first-order valence-corrected chi connectivity index (χ1v) is 19.4. The Morgan fingerprint density at radius 3 is 1.67 bits per heavy atom. The van der Waals surface area contributed by atoms with Crippen LogP contribution in [-0.2, 0) is 0 Å². The fraction of sp³-hybridized carbons (Fsp3) is 0.0385. The lowest BCUT2D eigenvalue weighted by atomic mass is 9.97. The summed E-state index contributed by atoms with van der Waals surface area (Å²) < 4.78 is 4.81. The summed E-state index contributed by atoms with van der Waals surface area (Å²) in [5, 5.41) is 4.95. The van der Waals surface area contributed by atoms with Crippen LogP contribution in [0.25, 0.3) is 66.1 Å². The van der Waals surface area contributed by atoms with Crippen LogP contribution in [0.4, 0.5) is 0 Å². The second kappa shape index (κ2) is 13.4. The van der Waals surface area contributed by atoms with Gasteiger partial charge in [0.25, 0.3) is 0 Å². The zero-order valence-electron chi connectivity index (χ0n) is 31.4. The molecule has 0 fully saturated rings. The van der Waals surface area contributed by atoms with Crippen LogP contribution in [0.3, 0.4) is 0 Å². The molecular formula is C52H37N5. The molecule has 0 radical (unpaired) electrons. The predicted octanol–water partition coefficient (Wildman–Crippen LogP) is 12.4. The van der Waals surface area contributed by atoms with Crippen LogP contribution in [0.15, 0.2) is 210 Å². The van der Waals surface area contributed by atoms with Crippen LogP contribution in [-0.4, -0.2) is 32.8 Å². The largest absolute Gasteiger partial charge is 0.333 e. The van der Waals surface area contributed by atoms with Crippen LogP contribution in [0.5, 0.6) is 0 Å². The molecule has 10 aromatic rings. The number of para-hydroxylation sites is 3. The van der Waals surface area contributed by atoms with E-state index in [1.54, 1.807) is 0 Å². The van der Waals surface area contributed by atoms with E-state index in [9.17, 15) is 0 Å². The molecule has 1 aliphatic rings. The Bertz CT molecular complexity index is 3120. The summed E-state index contributed by atoms with van der Waals surface area (Å²) in [5.41, 5.74) is 12.5. The average Bonchev–Trinajstić information content (AvgIpc) is 3.80. The van der Waals surface area contributed by atoms with Gasteiger partial charge in [0, 0.05) is 51.1 Å².